The second-order valence-electron chi connectivity index (χ2n) is 4.49. The number of aliphatic carboxylic acids is 1. The molecule has 1 aromatic rings. The van der Waals surface area contributed by atoms with E-state index in [1.165, 1.54) is 4.90 Å². The van der Waals surface area contributed by atoms with Crippen molar-refractivity contribution in [1.29, 1.82) is 0 Å². The van der Waals surface area contributed by atoms with Crippen LogP contribution in [0.5, 0.6) is 0 Å². The van der Waals surface area contributed by atoms with E-state index in [2.05, 4.69) is 0 Å². The Balaban J connectivity index is 3.43. The van der Waals surface area contributed by atoms with Crippen molar-refractivity contribution in [2.24, 2.45) is 0 Å². The topological polar surface area (TPSA) is 57.6 Å². The van der Waals surface area contributed by atoms with Crippen LogP contribution in [0.2, 0.25) is 0 Å². The number of hydrogen-bond donors (Lipinski definition) is 1. The van der Waals surface area contributed by atoms with Gasteiger partial charge < -0.3 is 10.0 Å². The van der Waals surface area contributed by atoms with E-state index < -0.39 is 11.5 Å². The van der Waals surface area contributed by atoms with Crippen LogP contribution in [0.3, 0.4) is 0 Å². The fourth-order valence-corrected chi connectivity index (χ4v) is 2.29. The maximum absolute atomic E-state index is 11.8. The maximum atomic E-state index is 11.8. The second kappa shape index (κ2) is 5.67. The molecule has 0 aliphatic rings. The molecule has 0 spiro atoms. The highest BCUT2D eigenvalue weighted by molar-refractivity contribution is 5.83. The quantitative estimate of drug-likeness (QED) is 0.787. The zero-order chi connectivity index (χ0) is 13.8. The predicted octanol–water partition coefficient (Wildman–Crippen LogP) is 2.24. The molecule has 0 aliphatic carbocycles. The van der Waals surface area contributed by atoms with E-state index in [0.717, 1.165) is 0 Å². The third-order valence-electron chi connectivity index (χ3n) is 3.23. The van der Waals surface area contributed by atoms with Crippen molar-refractivity contribution in [2.45, 2.75) is 38.8 Å². The molecule has 0 radical (unpaired) electrons. The standard InChI is InChI=1S/C14H19NO3/c1-4-14(13(17)18,15(10-16)11(2)3)12-8-6-5-7-9-12/h5-11H,4H2,1-3H3,(H,17,18). The normalized spacial score (nSPS) is 14.0. The minimum atomic E-state index is -1.29. The van der Waals surface area contributed by atoms with Crippen LogP contribution >= 0.6 is 0 Å². The molecule has 18 heavy (non-hydrogen) atoms. The fraction of sp³-hybridized carbons (Fsp3) is 0.429. The summed E-state index contributed by atoms with van der Waals surface area (Å²) in [6.07, 6.45) is 0.943. The summed E-state index contributed by atoms with van der Waals surface area (Å²) in [6, 6.07) is 8.70. The van der Waals surface area contributed by atoms with Crippen LogP contribution in [0.1, 0.15) is 32.8 Å². The molecule has 0 aliphatic heterocycles. The molecule has 0 saturated carbocycles. The van der Waals surface area contributed by atoms with Crippen LogP contribution in [0.25, 0.3) is 0 Å². The number of benzene rings is 1. The molecule has 0 fully saturated rings. The first-order valence-corrected chi connectivity index (χ1v) is 6.03. The first-order valence-electron chi connectivity index (χ1n) is 6.03. The molecule has 4 nitrogen and oxygen atoms in total. The van der Waals surface area contributed by atoms with Gasteiger partial charge in [0.15, 0.2) is 5.54 Å². The van der Waals surface area contributed by atoms with Gasteiger partial charge in [0.1, 0.15) is 0 Å². The Bertz CT molecular complexity index is 416. The van der Waals surface area contributed by atoms with E-state index in [-0.39, 0.29) is 6.04 Å². The second-order valence-corrected chi connectivity index (χ2v) is 4.49. The lowest BCUT2D eigenvalue weighted by molar-refractivity contribution is -0.158. The lowest BCUT2D eigenvalue weighted by Gasteiger charge is -2.40. The smallest absolute Gasteiger partial charge is 0.334 e. The fourth-order valence-electron chi connectivity index (χ4n) is 2.29. The summed E-state index contributed by atoms with van der Waals surface area (Å²) in [6.45, 7) is 5.40. The molecular formula is C14H19NO3. The van der Waals surface area contributed by atoms with Crippen LogP contribution in [-0.4, -0.2) is 28.4 Å². The summed E-state index contributed by atoms with van der Waals surface area (Å²) in [5.74, 6) is -1.00. The lowest BCUT2D eigenvalue weighted by atomic mass is 9.84. The van der Waals surface area contributed by atoms with Crippen LogP contribution in [-0.2, 0) is 15.1 Å². The Morgan fingerprint density at radius 2 is 1.94 bits per heavy atom. The number of hydrogen-bond acceptors (Lipinski definition) is 2. The third kappa shape index (κ3) is 2.23. The Labute approximate surface area is 107 Å². The van der Waals surface area contributed by atoms with E-state index in [1.807, 2.05) is 19.9 Å². The molecular weight excluding hydrogens is 230 g/mol. The van der Waals surface area contributed by atoms with Gasteiger partial charge in [-0.15, -0.1) is 0 Å². The van der Waals surface area contributed by atoms with Gasteiger partial charge in [-0.1, -0.05) is 37.3 Å². The van der Waals surface area contributed by atoms with Crippen molar-refractivity contribution >= 4 is 12.4 Å². The van der Waals surface area contributed by atoms with Gasteiger partial charge in [-0.05, 0) is 25.8 Å². The molecule has 0 saturated heterocycles. The number of carboxylic acids is 1. The molecule has 0 heterocycles. The zero-order valence-electron chi connectivity index (χ0n) is 11.0. The summed E-state index contributed by atoms with van der Waals surface area (Å²) < 4.78 is 0. The highest BCUT2D eigenvalue weighted by Gasteiger charge is 2.45. The van der Waals surface area contributed by atoms with Gasteiger partial charge in [-0.3, -0.25) is 4.79 Å². The molecule has 98 valence electrons. The predicted molar refractivity (Wildman–Crippen MR) is 69.1 cm³/mol. The summed E-state index contributed by atoms with van der Waals surface area (Å²) >= 11 is 0. The lowest BCUT2D eigenvalue weighted by Crippen LogP contribution is -2.54. The largest absolute Gasteiger partial charge is 0.479 e. The first-order chi connectivity index (χ1) is 8.50. The molecule has 1 amide bonds. The molecule has 0 bridgehead atoms. The van der Waals surface area contributed by atoms with Crippen molar-refractivity contribution in [1.82, 2.24) is 4.90 Å². The Kier molecular flexibility index (Phi) is 4.48. The van der Waals surface area contributed by atoms with E-state index in [4.69, 9.17) is 0 Å². The van der Waals surface area contributed by atoms with Gasteiger partial charge in [0.2, 0.25) is 6.41 Å². The van der Waals surface area contributed by atoms with Crippen molar-refractivity contribution in [2.75, 3.05) is 0 Å². The van der Waals surface area contributed by atoms with Gasteiger partial charge in [0.05, 0.1) is 0 Å². The minimum Gasteiger partial charge on any atom is -0.479 e. The van der Waals surface area contributed by atoms with E-state index in [9.17, 15) is 14.7 Å². The van der Waals surface area contributed by atoms with Crippen molar-refractivity contribution < 1.29 is 14.7 Å². The highest BCUT2D eigenvalue weighted by atomic mass is 16.4. The number of rotatable bonds is 6. The Hall–Kier alpha value is -1.84. The average molecular weight is 249 g/mol. The van der Waals surface area contributed by atoms with Crippen molar-refractivity contribution in [3.05, 3.63) is 35.9 Å². The highest BCUT2D eigenvalue weighted by Crippen LogP contribution is 2.33. The van der Waals surface area contributed by atoms with Crippen molar-refractivity contribution in [3.8, 4) is 0 Å². The van der Waals surface area contributed by atoms with Gasteiger partial charge in [-0.2, -0.15) is 0 Å². The summed E-state index contributed by atoms with van der Waals surface area (Å²) in [5.41, 5.74) is -0.669. The molecule has 0 aromatic heterocycles. The number of carbonyl (C=O) groups excluding carboxylic acids is 1. The molecule has 1 aromatic carbocycles. The van der Waals surface area contributed by atoms with Gasteiger partial charge in [-0.25, -0.2) is 4.79 Å². The molecule has 4 heteroatoms. The van der Waals surface area contributed by atoms with Crippen LogP contribution in [0.15, 0.2) is 30.3 Å². The maximum Gasteiger partial charge on any atom is 0.334 e. The van der Waals surface area contributed by atoms with E-state index >= 15 is 0 Å². The molecule has 1 atom stereocenters. The molecule has 1 rings (SSSR count). The van der Waals surface area contributed by atoms with E-state index in [1.54, 1.807) is 31.2 Å². The summed E-state index contributed by atoms with van der Waals surface area (Å²) in [4.78, 5) is 24.4. The van der Waals surface area contributed by atoms with Gasteiger partial charge >= 0.3 is 5.97 Å². The van der Waals surface area contributed by atoms with Crippen LogP contribution < -0.4 is 0 Å². The number of carbonyl (C=O) groups is 2. The molecule has 1 unspecified atom stereocenters. The summed E-state index contributed by atoms with van der Waals surface area (Å²) in [5, 5.41) is 9.63. The zero-order valence-corrected chi connectivity index (χ0v) is 11.0. The Morgan fingerprint density at radius 3 is 2.28 bits per heavy atom. The number of nitrogens with zero attached hydrogens (tertiary/aromatic N) is 1. The van der Waals surface area contributed by atoms with Gasteiger partial charge in [0.25, 0.3) is 0 Å². The van der Waals surface area contributed by atoms with Crippen molar-refractivity contribution in [3.63, 3.8) is 0 Å². The SMILES string of the molecule is CCC(C(=O)O)(c1ccccc1)N(C=O)C(C)C. The summed E-state index contributed by atoms with van der Waals surface area (Å²) in [7, 11) is 0. The molecule has 1 N–H and O–H groups in total. The minimum absolute atomic E-state index is 0.182. The Morgan fingerprint density at radius 1 is 1.39 bits per heavy atom. The van der Waals surface area contributed by atoms with Crippen LogP contribution in [0.4, 0.5) is 0 Å². The monoisotopic (exact) mass is 249 g/mol. The van der Waals surface area contributed by atoms with Crippen LogP contribution in [0, 0.1) is 0 Å². The number of amides is 1. The van der Waals surface area contributed by atoms with E-state index in [0.29, 0.717) is 18.4 Å². The first kappa shape index (κ1) is 14.2. The third-order valence-corrected chi connectivity index (χ3v) is 3.23. The average Bonchev–Trinajstić information content (AvgIpc) is 2.35. The van der Waals surface area contributed by atoms with Gasteiger partial charge in [0, 0.05) is 6.04 Å². The number of carboxylic acid groups (broad SMARTS) is 1.